The number of halogens is 1. The fourth-order valence-corrected chi connectivity index (χ4v) is 2.88. The SMILES string of the molecule is CC(C)NCc1cccc(Cl)c1Sc1n[nH]c(=O)n1C. The molecule has 2 rings (SSSR count). The molecule has 1 aromatic carbocycles. The molecule has 7 heteroatoms. The minimum absolute atomic E-state index is 0.235. The average molecular weight is 313 g/mol. The van der Waals surface area contributed by atoms with Crippen LogP contribution < -0.4 is 11.0 Å². The Kier molecular flexibility index (Phi) is 4.91. The van der Waals surface area contributed by atoms with E-state index in [1.807, 2.05) is 18.2 Å². The Morgan fingerprint density at radius 3 is 2.85 bits per heavy atom. The van der Waals surface area contributed by atoms with Crippen molar-refractivity contribution in [1.29, 1.82) is 0 Å². The van der Waals surface area contributed by atoms with Gasteiger partial charge in [0.15, 0.2) is 5.16 Å². The lowest BCUT2D eigenvalue weighted by molar-refractivity contribution is 0.584. The molecule has 5 nitrogen and oxygen atoms in total. The average Bonchev–Trinajstić information content (AvgIpc) is 2.71. The van der Waals surface area contributed by atoms with E-state index < -0.39 is 0 Å². The number of hydrogen-bond acceptors (Lipinski definition) is 4. The molecular formula is C13H17ClN4OS. The van der Waals surface area contributed by atoms with E-state index >= 15 is 0 Å². The molecular weight excluding hydrogens is 296 g/mol. The van der Waals surface area contributed by atoms with Crippen LogP contribution in [-0.2, 0) is 13.6 Å². The normalized spacial score (nSPS) is 11.2. The van der Waals surface area contributed by atoms with Gasteiger partial charge in [0.05, 0.1) is 5.02 Å². The molecule has 0 saturated heterocycles. The molecule has 0 atom stereocenters. The Hall–Kier alpha value is -1.24. The van der Waals surface area contributed by atoms with Crippen molar-refractivity contribution in [3.05, 3.63) is 39.3 Å². The number of aromatic amines is 1. The third kappa shape index (κ3) is 3.45. The first kappa shape index (κ1) is 15.2. The van der Waals surface area contributed by atoms with Gasteiger partial charge >= 0.3 is 5.69 Å². The summed E-state index contributed by atoms with van der Waals surface area (Å²) in [6, 6.07) is 6.18. The number of benzene rings is 1. The summed E-state index contributed by atoms with van der Waals surface area (Å²) in [6.45, 7) is 4.91. The Morgan fingerprint density at radius 2 is 2.25 bits per heavy atom. The summed E-state index contributed by atoms with van der Waals surface area (Å²) in [5.74, 6) is 0. The smallest absolute Gasteiger partial charge is 0.310 e. The fourth-order valence-electron chi connectivity index (χ4n) is 1.64. The third-order valence-electron chi connectivity index (χ3n) is 2.78. The van der Waals surface area contributed by atoms with Crippen molar-refractivity contribution < 1.29 is 0 Å². The predicted molar refractivity (Wildman–Crippen MR) is 81.4 cm³/mol. The molecule has 0 aliphatic heterocycles. The topological polar surface area (TPSA) is 62.7 Å². The van der Waals surface area contributed by atoms with Crippen LogP contribution in [0.15, 0.2) is 33.0 Å². The van der Waals surface area contributed by atoms with Crippen molar-refractivity contribution >= 4 is 23.4 Å². The lowest BCUT2D eigenvalue weighted by atomic mass is 10.2. The van der Waals surface area contributed by atoms with Crippen LogP contribution in [-0.4, -0.2) is 20.8 Å². The van der Waals surface area contributed by atoms with Crippen molar-refractivity contribution in [2.24, 2.45) is 7.05 Å². The first-order valence-electron chi connectivity index (χ1n) is 6.29. The summed E-state index contributed by atoms with van der Waals surface area (Å²) in [5.41, 5.74) is 0.855. The molecule has 1 heterocycles. The second-order valence-corrected chi connectivity index (χ2v) is 6.12. The summed E-state index contributed by atoms with van der Waals surface area (Å²) < 4.78 is 1.47. The zero-order chi connectivity index (χ0) is 14.7. The van der Waals surface area contributed by atoms with Gasteiger partial charge in [-0.25, -0.2) is 9.89 Å². The third-order valence-corrected chi connectivity index (χ3v) is 4.44. The van der Waals surface area contributed by atoms with Crippen molar-refractivity contribution in [2.45, 2.75) is 36.5 Å². The molecule has 2 aromatic rings. The minimum atomic E-state index is -0.235. The lowest BCUT2D eigenvalue weighted by Gasteiger charge is -2.13. The molecule has 20 heavy (non-hydrogen) atoms. The lowest BCUT2D eigenvalue weighted by Crippen LogP contribution is -2.22. The van der Waals surface area contributed by atoms with Crippen LogP contribution in [0.25, 0.3) is 0 Å². The second kappa shape index (κ2) is 6.47. The van der Waals surface area contributed by atoms with Crippen molar-refractivity contribution in [3.63, 3.8) is 0 Å². The maximum atomic E-state index is 11.4. The van der Waals surface area contributed by atoms with Gasteiger partial charge in [-0.2, -0.15) is 0 Å². The van der Waals surface area contributed by atoms with Crippen LogP contribution >= 0.6 is 23.4 Å². The minimum Gasteiger partial charge on any atom is -0.310 e. The van der Waals surface area contributed by atoms with Crippen LogP contribution in [0, 0.1) is 0 Å². The second-order valence-electron chi connectivity index (χ2n) is 4.74. The van der Waals surface area contributed by atoms with E-state index in [1.54, 1.807) is 7.05 Å². The van der Waals surface area contributed by atoms with E-state index in [0.717, 1.165) is 17.0 Å². The van der Waals surface area contributed by atoms with Gasteiger partial charge in [0, 0.05) is 24.5 Å². The number of hydrogen-bond donors (Lipinski definition) is 2. The highest BCUT2D eigenvalue weighted by atomic mass is 35.5. The summed E-state index contributed by atoms with van der Waals surface area (Å²) in [4.78, 5) is 12.3. The van der Waals surface area contributed by atoms with E-state index in [1.165, 1.54) is 16.3 Å². The highest BCUT2D eigenvalue weighted by molar-refractivity contribution is 7.99. The first-order chi connectivity index (χ1) is 9.49. The van der Waals surface area contributed by atoms with Crippen molar-refractivity contribution in [2.75, 3.05) is 0 Å². The van der Waals surface area contributed by atoms with Crippen LogP contribution in [0.1, 0.15) is 19.4 Å². The Bertz CT molecular complexity index is 650. The van der Waals surface area contributed by atoms with Gasteiger partial charge in [-0.1, -0.05) is 37.6 Å². The Labute approximate surface area is 126 Å². The molecule has 0 unspecified atom stereocenters. The molecule has 0 saturated carbocycles. The van der Waals surface area contributed by atoms with Crippen molar-refractivity contribution in [1.82, 2.24) is 20.1 Å². The van der Waals surface area contributed by atoms with Crippen LogP contribution in [0.3, 0.4) is 0 Å². The zero-order valence-electron chi connectivity index (χ0n) is 11.6. The summed E-state index contributed by atoms with van der Waals surface area (Å²) in [5, 5.41) is 11.0. The highest BCUT2D eigenvalue weighted by Crippen LogP contribution is 2.34. The Morgan fingerprint density at radius 1 is 1.50 bits per heavy atom. The van der Waals surface area contributed by atoms with Gasteiger partial charge < -0.3 is 5.32 Å². The van der Waals surface area contributed by atoms with Gasteiger partial charge in [0.25, 0.3) is 0 Å². The molecule has 0 radical (unpaired) electrons. The van der Waals surface area contributed by atoms with E-state index in [2.05, 4.69) is 29.4 Å². The number of nitrogens with one attached hydrogen (secondary N) is 2. The van der Waals surface area contributed by atoms with Gasteiger partial charge in [-0.15, -0.1) is 5.10 Å². The van der Waals surface area contributed by atoms with E-state index in [-0.39, 0.29) is 5.69 Å². The van der Waals surface area contributed by atoms with E-state index in [9.17, 15) is 4.79 Å². The fraction of sp³-hybridized carbons (Fsp3) is 0.385. The molecule has 0 amide bonds. The van der Waals surface area contributed by atoms with Gasteiger partial charge in [0.2, 0.25) is 0 Å². The van der Waals surface area contributed by atoms with Gasteiger partial charge in [-0.05, 0) is 23.4 Å². The number of nitrogens with zero attached hydrogens (tertiary/aromatic N) is 2. The molecule has 0 fully saturated rings. The maximum absolute atomic E-state index is 11.4. The first-order valence-corrected chi connectivity index (χ1v) is 7.48. The Balaban J connectivity index is 2.30. The molecule has 0 spiro atoms. The maximum Gasteiger partial charge on any atom is 0.343 e. The van der Waals surface area contributed by atoms with Crippen LogP contribution in [0.4, 0.5) is 0 Å². The molecule has 0 aliphatic rings. The molecule has 0 aliphatic carbocycles. The zero-order valence-corrected chi connectivity index (χ0v) is 13.2. The van der Waals surface area contributed by atoms with E-state index in [0.29, 0.717) is 16.2 Å². The van der Waals surface area contributed by atoms with E-state index in [4.69, 9.17) is 11.6 Å². The monoisotopic (exact) mass is 312 g/mol. The number of rotatable bonds is 5. The predicted octanol–water partition coefficient (Wildman–Crippen LogP) is 2.41. The number of aromatic nitrogens is 3. The van der Waals surface area contributed by atoms with Crippen molar-refractivity contribution in [3.8, 4) is 0 Å². The van der Waals surface area contributed by atoms with Crippen LogP contribution in [0.2, 0.25) is 5.02 Å². The largest absolute Gasteiger partial charge is 0.343 e. The quantitative estimate of drug-likeness (QED) is 0.890. The summed E-state index contributed by atoms with van der Waals surface area (Å²) >= 11 is 7.67. The number of H-pyrrole nitrogens is 1. The summed E-state index contributed by atoms with van der Waals surface area (Å²) in [6.07, 6.45) is 0. The molecule has 108 valence electrons. The summed E-state index contributed by atoms with van der Waals surface area (Å²) in [7, 11) is 1.68. The van der Waals surface area contributed by atoms with Gasteiger partial charge in [0.1, 0.15) is 0 Å². The van der Waals surface area contributed by atoms with Crippen LogP contribution in [0.5, 0.6) is 0 Å². The molecule has 2 N–H and O–H groups in total. The molecule has 0 bridgehead atoms. The molecule has 1 aromatic heterocycles. The standard InChI is InChI=1S/C13H17ClN4OS/c1-8(2)15-7-9-5-4-6-10(14)11(9)20-13-17-16-12(19)18(13)3/h4-6,8,15H,7H2,1-3H3,(H,16,19). The highest BCUT2D eigenvalue weighted by Gasteiger charge is 2.13. The van der Waals surface area contributed by atoms with Gasteiger partial charge in [-0.3, -0.25) is 4.57 Å².